The minimum absolute atomic E-state index is 0.0442. The molecule has 0 saturated heterocycles. The molecule has 0 unspecified atom stereocenters. The third-order valence-electron chi connectivity index (χ3n) is 6.66. The van der Waals surface area contributed by atoms with Crippen molar-refractivity contribution in [3.05, 3.63) is 48.0 Å². The Morgan fingerprint density at radius 3 is 2.77 bits per heavy atom. The van der Waals surface area contributed by atoms with Crippen LogP contribution in [0.2, 0.25) is 0 Å². The molecule has 0 bridgehead atoms. The van der Waals surface area contributed by atoms with Crippen LogP contribution in [0.3, 0.4) is 0 Å². The zero-order valence-electron chi connectivity index (χ0n) is 18.0. The van der Waals surface area contributed by atoms with Gasteiger partial charge >= 0.3 is 0 Å². The fourth-order valence-corrected chi connectivity index (χ4v) is 4.98. The van der Waals surface area contributed by atoms with E-state index in [-0.39, 0.29) is 5.91 Å². The molecule has 7 heteroatoms. The van der Waals surface area contributed by atoms with Gasteiger partial charge in [-0.15, -0.1) is 0 Å². The van der Waals surface area contributed by atoms with Crippen molar-refractivity contribution in [1.82, 2.24) is 24.7 Å². The molecule has 4 aromatic rings. The van der Waals surface area contributed by atoms with Crippen LogP contribution >= 0.6 is 0 Å². The molecule has 1 fully saturated rings. The number of hydrogen-bond acceptors (Lipinski definition) is 4. The van der Waals surface area contributed by atoms with Crippen LogP contribution in [0, 0.1) is 12.8 Å². The number of imidazole rings is 1. The number of aromatic nitrogens is 4. The molecule has 160 valence electrons. The van der Waals surface area contributed by atoms with E-state index in [0.717, 1.165) is 60.5 Å². The first-order valence-electron chi connectivity index (χ1n) is 11.0. The van der Waals surface area contributed by atoms with Crippen LogP contribution in [0.4, 0.5) is 5.82 Å². The molecule has 0 atom stereocenters. The zero-order valence-corrected chi connectivity index (χ0v) is 18.0. The molecule has 0 spiro atoms. The van der Waals surface area contributed by atoms with Gasteiger partial charge in [0.15, 0.2) is 0 Å². The van der Waals surface area contributed by atoms with Crippen molar-refractivity contribution in [2.75, 3.05) is 12.3 Å². The van der Waals surface area contributed by atoms with Gasteiger partial charge in [-0.1, -0.05) is 18.2 Å². The zero-order chi connectivity index (χ0) is 21.5. The molecule has 1 amide bonds. The fourth-order valence-electron chi connectivity index (χ4n) is 4.98. The van der Waals surface area contributed by atoms with Crippen LogP contribution in [-0.4, -0.2) is 31.8 Å². The Bertz CT molecular complexity index is 1260. The number of amides is 1. The number of nitrogens with one attached hydrogen (secondary N) is 2. The first kappa shape index (κ1) is 19.6. The highest BCUT2D eigenvalue weighted by molar-refractivity contribution is 5.94. The maximum Gasteiger partial charge on any atom is 0.216 e. The van der Waals surface area contributed by atoms with E-state index in [1.165, 1.54) is 10.9 Å². The Morgan fingerprint density at radius 2 is 2.03 bits per heavy atom. The van der Waals surface area contributed by atoms with Crippen molar-refractivity contribution in [2.24, 2.45) is 5.92 Å². The third kappa shape index (κ3) is 3.44. The lowest BCUT2D eigenvalue weighted by Gasteiger charge is -2.27. The molecular formula is C24H28N6O. The van der Waals surface area contributed by atoms with E-state index >= 15 is 0 Å². The first-order chi connectivity index (χ1) is 15.0. The van der Waals surface area contributed by atoms with Crippen molar-refractivity contribution in [2.45, 2.75) is 45.4 Å². The number of carbonyl (C=O) groups excluding carboxylic acids is 1. The van der Waals surface area contributed by atoms with Gasteiger partial charge in [-0.3, -0.25) is 9.20 Å². The maximum atomic E-state index is 11.2. The average Bonchev–Trinajstić information content (AvgIpc) is 3.32. The SMILES string of the molecule is CC(=O)NC[C@H]1CC[C@H](c2nc(-c3[nH]c4ccccc4c3C)c3c(N)nccn32)CC1. The summed E-state index contributed by atoms with van der Waals surface area (Å²) in [5, 5.41) is 4.16. The van der Waals surface area contributed by atoms with Crippen LogP contribution in [-0.2, 0) is 4.79 Å². The number of H-pyrrole nitrogens is 1. The number of nitrogen functional groups attached to an aromatic ring is 1. The van der Waals surface area contributed by atoms with Crippen molar-refractivity contribution in [3.8, 4) is 11.4 Å². The van der Waals surface area contributed by atoms with Gasteiger partial charge in [0, 0.05) is 42.7 Å². The molecule has 7 nitrogen and oxygen atoms in total. The lowest BCUT2D eigenvalue weighted by Crippen LogP contribution is -2.29. The molecule has 1 aliphatic carbocycles. The lowest BCUT2D eigenvalue weighted by atomic mass is 9.81. The second-order valence-corrected chi connectivity index (χ2v) is 8.68. The Balaban J connectivity index is 1.53. The summed E-state index contributed by atoms with van der Waals surface area (Å²) >= 11 is 0. The van der Waals surface area contributed by atoms with Gasteiger partial charge in [0.1, 0.15) is 22.9 Å². The Hall–Kier alpha value is -3.35. The molecule has 4 N–H and O–H groups in total. The summed E-state index contributed by atoms with van der Waals surface area (Å²) < 4.78 is 2.13. The van der Waals surface area contributed by atoms with E-state index < -0.39 is 0 Å². The maximum absolute atomic E-state index is 11.2. The number of aromatic amines is 1. The second-order valence-electron chi connectivity index (χ2n) is 8.68. The number of nitrogens with two attached hydrogens (primary N) is 1. The summed E-state index contributed by atoms with van der Waals surface area (Å²) in [5.41, 5.74) is 11.4. The number of para-hydroxylation sites is 1. The van der Waals surface area contributed by atoms with E-state index in [4.69, 9.17) is 10.7 Å². The van der Waals surface area contributed by atoms with Crippen LogP contribution in [0.15, 0.2) is 36.7 Å². The van der Waals surface area contributed by atoms with Gasteiger partial charge in [0.25, 0.3) is 0 Å². The van der Waals surface area contributed by atoms with Gasteiger partial charge in [0.05, 0.1) is 5.69 Å². The quantitative estimate of drug-likeness (QED) is 0.464. The number of nitrogens with zero attached hydrogens (tertiary/aromatic N) is 3. The van der Waals surface area contributed by atoms with E-state index in [2.05, 4.69) is 44.8 Å². The summed E-state index contributed by atoms with van der Waals surface area (Å²) in [6.45, 7) is 4.47. The van der Waals surface area contributed by atoms with Crippen molar-refractivity contribution < 1.29 is 4.79 Å². The highest BCUT2D eigenvalue weighted by atomic mass is 16.1. The monoisotopic (exact) mass is 416 g/mol. The molecule has 1 aromatic carbocycles. The highest BCUT2D eigenvalue weighted by Gasteiger charge is 2.28. The molecule has 3 heterocycles. The van der Waals surface area contributed by atoms with Crippen molar-refractivity contribution in [3.63, 3.8) is 0 Å². The predicted molar refractivity (Wildman–Crippen MR) is 123 cm³/mol. The van der Waals surface area contributed by atoms with Gasteiger partial charge in [0.2, 0.25) is 5.91 Å². The van der Waals surface area contributed by atoms with E-state index in [1.54, 1.807) is 13.1 Å². The highest BCUT2D eigenvalue weighted by Crippen LogP contribution is 2.39. The van der Waals surface area contributed by atoms with Crippen LogP contribution in [0.1, 0.15) is 49.9 Å². The Labute approximate surface area is 181 Å². The largest absolute Gasteiger partial charge is 0.382 e. The Morgan fingerprint density at radius 1 is 1.26 bits per heavy atom. The Kier molecular flexibility index (Phi) is 4.88. The lowest BCUT2D eigenvalue weighted by molar-refractivity contribution is -0.119. The van der Waals surface area contributed by atoms with Crippen molar-refractivity contribution in [1.29, 1.82) is 0 Å². The van der Waals surface area contributed by atoms with E-state index in [9.17, 15) is 4.79 Å². The molecule has 3 aromatic heterocycles. The topological polar surface area (TPSA) is 101 Å². The van der Waals surface area contributed by atoms with Gasteiger partial charge in [-0.2, -0.15) is 0 Å². The first-order valence-corrected chi connectivity index (χ1v) is 11.0. The minimum atomic E-state index is 0.0442. The molecule has 0 aliphatic heterocycles. The molecule has 1 saturated carbocycles. The summed E-state index contributed by atoms with van der Waals surface area (Å²) in [7, 11) is 0. The van der Waals surface area contributed by atoms with E-state index in [1.807, 2.05) is 12.3 Å². The summed E-state index contributed by atoms with van der Waals surface area (Å²) in [5.74, 6) is 2.49. The van der Waals surface area contributed by atoms with E-state index in [0.29, 0.717) is 17.7 Å². The average molecular weight is 417 g/mol. The van der Waals surface area contributed by atoms with Gasteiger partial charge in [-0.05, 0) is 50.2 Å². The van der Waals surface area contributed by atoms with Crippen LogP contribution in [0.25, 0.3) is 27.8 Å². The molecular weight excluding hydrogens is 388 g/mol. The number of benzene rings is 1. The molecule has 31 heavy (non-hydrogen) atoms. The van der Waals surface area contributed by atoms with Crippen LogP contribution < -0.4 is 11.1 Å². The minimum Gasteiger partial charge on any atom is -0.382 e. The smallest absolute Gasteiger partial charge is 0.216 e. The normalized spacial score (nSPS) is 19.2. The fraction of sp³-hybridized carbons (Fsp3) is 0.375. The van der Waals surface area contributed by atoms with Crippen molar-refractivity contribution >= 4 is 28.1 Å². The third-order valence-corrected chi connectivity index (χ3v) is 6.66. The number of fused-ring (bicyclic) bond motifs is 2. The van der Waals surface area contributed by atoms with Crippen LogP contribution in [0.5, 0.6) is 0 Å². The second kappa shape index (κ2) is 7.72. The molecule has 0 radical (unpaired) electrons. The number of carbonyl (C=O) groups is 1. The number of anilines is 1. The summed E-state index contributed by atoms with van der Waals surface area (Å²) in [4.78, 5) is 24.3. The number of hydrogen-bond donors (Lipinski definition) is 3. The summed E-state index contributed by atoms with van der Waals surface area (Å²) in [6, 6.07) is 8.30. The molecule has 5 rings (SSSR count). The summed E-state index contributed by atoms with van der Waals surface area (Å²) in [6.07, 6.45) is 7.99. The standard InChI is InChI=1S/C24H28N6O/c1-14-18-5-3-4-6-19(18)28-20(14)21-22-23(25)26-11-12-30(22)24(29-21)17-9-7-16(8-10-17)13-27-15(2)31/h3-6,11-12,16-17,28H,7-10,13H2,1-2H3,(H2,25,26)(H,27,31)/t16-,17-. The molecule has 1 aliphatic rings. The predicted octanol–water partition coefficient (Wildman–Crippen LogP) is 4.18. The number of aryl methyl sites for hydroxylation is 1. The van der Waals surface area contributed by atoms with Gasteiger partial charge in [-0.25, -0.2) is 9.97 Å². The number of rotatable bonds is 4. The van der Waals surface area contributed by atoms with Gasteiger partial charge < -0.3 is 16.0 Å².